The quantitative estimate of drug-likeness (QED) is 0.172. The zero-order valence-corrected chi connectivity index (χ0v) is 28.5. The van der Waals surface area contributed by atoms with E-state index in [0.717, 1.165) is 22.7 Å². The van der Waals surface area contributed by atoms with Crippen LogP contribution in [0, 0.1) is 0 Å². The lowest BCUT2D eigenvalue weighted by Crippen LogP contribution is -2.10. The van der Waals surface area contributed by atoms with Crippen molar-refractivity contribution < 1.29 is 0 Å². The van der Waals surface area contributed by atoms with E-state index in [4.69, 9.17) is 0 Å². The van der Waals surface area contributed by atoms with Gasteiger partial charge in [-0.25, -0.2) is 0 Å². The zero-order valence-electron chi connectivity index (χ0n) is 28.5. The van der Waals surface area contributed by atoms with Crippen molar-refractivity contribution >= 4 is 60.4 Å². The maximum Gasteiger partial charge on any atom is 0.0547 e. The van der Waals surface area contributed by atoms with Crippen LogP contribution in [0.25, 0.3) is 71.3 Å². The first-order valence-electron chi connectivity index (χ1n) is 17.8. The van der Waals surface area contributed by atoms with Crippen LogP contribution >= 0.6 is 0 Å². The van der Waals surface area contributed by atoms with E-state index in [2.05, 4.69) is 216 Å². The van der Waals surface area contributed by atoms with Gasteiger partial charge in [-0.2, -0.15) is 0 Å². The summed E-state index contributed by atoms with van der Waals surface area (Å²) in [4.78, 5) is 2.33. The molecule has 10 aromatic rings. The van der Waals surface area contributed by atoms with Gasteiger partial charge in [-0.1, -0.05) is 140 Å². The SMILES string of the molecule is c1ccc(-c2ccc3c4c5ccccc5ccc4n(-c4ccc(N(c5ccccc5)c5ccc(-c6ccc7ccccc7c6)cc5)cc4)c3c2)cc1. The topological polar surface area (TPSA) is 8.17 Å². The number of para-hydroxylation sites is 1. The molecule has 10 rings (SSSR count). The van der Waals surface area contributed by atoms with Gasteiger partial charge >= 0.3 is 0 Å². The van der Waals surface area contributed by atoms with Gasteiger partial charge in [0.05, 0.1) is 11.0 Å². The first-order chi connectivity index (χ1) is 25.8. The third kappa shape index (κ3) is 5.12. The molecule has 0 unspecified atom stereocenters. The molecule has 9 aromatic carbocycles. The molecule has 0 radical (unpaired) electrons. The van der Waals surface area contributed by atoms with Crippen LogP contribution < -0.4 is 4.90 Å². The molecular weight excluding hydrogens is 629 g/mol. The minimum atomic E-state index is 1.10. The maximum atomic E-state index is 2.43. The van der Waals surface area contributed by atoms with Crippen molar-refractivity contribution in [2.45, 2.75) is 0 Å². The summed E-state index contributed by atoms with van der Waals surface area (Å²) in [6, 6.07) is 74.6. The third-order valence-corrected chi connectivity index (χ3v) is 10.4. The molecule has 0 bridgehead atoms. The molecule has 244 valence electrons. The van der Waals surface area contributed by atoms with E-state index in [1.165, 1.54) is 65.6 Å². The van der Waals surface area contributed by atoms with E-state index in [1.54, 1.807) is 0 Å². The molecule has 0 saturated carbocycles. The lowest BCUT2D eigenvalue weighted by atomic mass is 10.0. The number of rotatable bonds is 6. The second-order valence-electron chi connectivity index (χ2n) is 13.4. The lowest BCUT2D eigenvalue weighted by molar-refractivity contribution is 1.17. The average molecular weight is 663 g/mol. The van der Waals surface area contributed by atoms with Gasteiger partial charge in [-0.3, -0.25) is 0 Å². The van der Waals surface area contributed by atoms with Crippen LogP contribution in [0.1, 0.15) is 0 Å². The highest BCUT2D eigenvalue weighted by Crippen LogP contribution is 2.40. The molecule has 0 fully saturated rings. The summed E-state index contributed by atoms with van der Waals surface area (Å²) in [6.07, 6.45) is 0. The smallest absolute Gasteiger partial charge is 0.0547 e. The average Bonchev–Trinajstić information content (AvgIpc) is 3.56. The Bertz CT molecular complexity index is 2870. The standard InChI is InChI=1S/C50H34N2/c1-3-11-35(12-4-1)41-23-31-47-49(34-41)52(48-32-24-38-14-9-10-18-46(38)50(47)48)45-29-27-44(28-30-45)51(42-16-5-2-6-17-42)43-25-21-37(22-26-43)40-20-19-36-13-7-8-15-39(36)33-40/h1-34H. The van der Waals surface area contributed by atoms with E-state index in [-0.39, 0.29) is 0 Å². The maximum absolute atomic E-state index is 2.43. The number of nitrogens with zero attached hydrogens (tertiary/aromatic N) is 2. The molecule has 0 N–H and O–H groups in total. The normalized spacial score (nSPS) is 11.5. The second-order valence-corrected chi connectivity index (χ2v) is 13.4. The first kappa shape index (κ1) is 30.0. The minimum absolute atomic E-state index is 1.10. The van der Waals surface area contributed by atoms with Crippen LogP contribution in [0.15, 0.2) is 206 Å². The number of benzene rings is 9. The van der Waals surface area contributed by atoms with Crippen LogP contribution in [0.5, 0.6) is 0 Å². The number of anilines is 3. The van der Waals surface area contributed by atoms with Crippen LogP contribution in [-0.2, 0) is 0 Å². The van der Waals surface area contributed by atoms with Crippen molar-refractivity contribution in [3.05, 3.63) is 206 Å². The van der Waals surface area contributed by atoms with E-state index < -0.39 is 0 Å². The number of hydrogen-bond donors (Lipinski definition) is 0. The van der Waals surface area contributed by atoms with E-state index in [0.29, 0.717) is 0 Å². The molecule has 52 heavy (non-hydrogen) atoms. The predicted molar refractivity (Wildman–Crippen MR) is 221 cm³/mol. The molecule has 1 heterocycles. The van der Waals surface area contributed by atoms with Gasteiger partial charge in [-0.05, 0) is 111 Å². The molecular formula is C50H34N2. The molecule has 2 heteroatoms. The summed E-state index contributed by atoms with van der Waals surface area (Å²) in [5.74, 6) is 0. The molecule has 0 aliphatic heterocycles. The molecule has 0 aliphatic rings. The highest BCUT2D eigenvalue weighted by Gasteiger charge is 2.18. The summed E-state index contributed by atoms with van der Waals surface area (Å²) >= 11 is 0. The molecule has 0 spiro atoms. The highest BCUT2D eigenvalue weighted by molar-refractivity contribution is 6.21. The van der Waals surface area contributed by atoms with Crippen molar-refractivity contribution in [1.82, 2.24) is 4.57 Å². The fourth-order valence-corrected chi connectivity index (χ4v) is 7.82. The number of aromatic nitrogens is 1. The van der Waals surface area contributed by atoms with Gasteiger partial charge in [0.25, 0.3) is 0 Å². The summed E-state index contributed by atoms with van der Waals surface area (Å²) in [5.41, 5.74) is 11.7. The van der Waals surface area contributed by atoms with Gasteiger partial charge in [0.2, 0.25) is 0 Å². The Labute approximate surface area is 303 Å². The summed E-state index contributed by atoms with van der Waals surface area (Å²) in [5, 5.41) is 7.58. The van der Waals surface area contributed by atoms with Gasteiger partial charge in [-0.15, -0.1) is 0 Å². The van der Waals surface area contributed by atoms with E-state index in [9.17, 15) is 0 Å². The molecule has 0 amide bonds. The Morgan fingerprint density at radius 3 is 1.62 bits per heavy atom. The van der Waals surface area contributed by atoms with Crippen LogP contribution in [0.3, 0.4) is 0 Å². The summed E-state index contributed by atoms with van der Waals surface area (Å²) < 4.78 is 2.43. The first-order valence-corrected chi connectivity index (χ1v) is 17.8. The van der Waals surface area contributed by atoms with Crippen molar-refractivity contribution in [1.29, 1.82) is 0 Å². The molecule has 0 aliphatic carbocycles. The van der Waals surface area contributed by atoms with Crippen molar-refractivity contribution in [3.63, 3.8) is 0 Å². The van der Waals surface area contributed by atoms with Crippen LogP contribution in [0.4, 0.5) is 17.1 Å². The van der Waals surface area contributed by atoms with Gasteiger partial charge < -0.3 is 9.47 Å². The fourth-order valence-electron chi connectivity index (χ4n) is 7.82. The van der Waals surface area contributed by atoms with Crippen LogP contribution in [-0.4, -0.2) is 4.57 Å². The number of hydrogen-bond acceptors (Lipinski definition) is 1. The second kappa shape index (κ2) is 12.5. The Morgan fingerprint density at radius 2 is 0.846 bits per heavy atom. The Morgan fingerprint density at radius 1 is 0.308 bits per heavy atom. The zero-order chi connectivity index (χ0) is 34.4. The Kier molecular flexibility index (Phi) is 7.18. The van der Waals surface area contributed by atoms with E-state index >= 15 is 0 Å². The molecule has 1 aromatic heterocycles. The lowest BCUT2D eigenvalue weighted by Gasteiger charge is -2.26. The summed E-state index contributed by atoms with van der Waals surface area (Å²) in [7, 11) is 0. The molecule has 2 nitrogen and oxygen atoms in total. The van der Waals surface area contributed by atoms with Crippen molar-refractivity contribution in [3.8, 4) is 27.9 Å². The third-order valence-electron chi connectivity index (χ3n) is 10.4. The van der Waals surface area contributed by atoms with Crippen LogP contribution in [0.2, 0.25) is 0 Å². The monoisotopic (exact) mass is 662 g/mol. The van der Waals surface area contributed by atoms with E-state index in [1.807, 2.05) is 0 Å². The fraction of sp³-hybridized carbons (Fsp3) is 0. The molecule has 0 saturated heterocycles. The van der Waals surface area contributed by atoms with Crippen molar-refractivity contribution in [2.75, 3.05) is 4.90 Å². The predicted octanol–water partition coefficient (Wildman–Crippen LogP) is 13.9. The van der Waals surface area contributed by atoms with Gasteiger partial charge in [0.1, 0.15) is 0 Å². The Hall–Kier alpha value is -6.90. The number of fused-ring (bicyclic) bond motifs is 6. The highest BCUT2D eigenvalue weighted by atomic mass is 15.1. The Balaban J connectivity index is 1.09. The minimum Gasteiger partial charge on any atom is -0.311 e. The largest absolute Gasteiger partial charge is 0.311 e. The van der Waals surface area contributed by atoms with Gasteiger partial charge in [0, 0.05) is 33.5 Å². The molecule has 0 atom stereocenters. The summed E-state index contributed by atoms with van der Waals surface area (Å²) in [6.45, 7) is 0. The van der Waals surface area contributed by atoms with Gasteiger partial charge in [0.15, 0.2) is 0 Å². The van der Waals surface area contributed by atoms with Crippen molar-refractivity contribution in [2.24, 2.45) is 0 Å².